The van der Waals surface area contributed by atoms with Gasteiger partial charge in [0.05, 0.1) is 10.4 Å². The maximum atomic E-state index is 5.30. The standard InChI is InChI=1S/C10H7NO2S/c1-2-8-9(13-6-12-8)3-7(1)10-4-11-5-14-10/h1-5H,6H2. The van der Waals surface area contributed by atoms with Gasteiger partial charge in [-0.05, 0) is 23.8 Å². The van der Waals surface area contributed by atoms with Crippen molar-refractivity contribution < 1.29 is 9.47 Å². The van der Waals surface area contributed by atoms with Gasteiger partial charge in [0.2, 0.25) is 6.79 Å². The molecule has 0 aliphatic carbocycles. The Labute approximate surface area is 84.9 Å². The first-order chi connectivity index (χ1) is 6.93. The van der Waals surface area contributed by atoms with Gasteiger partial charge in [-0.1, -0.05) is 0 Å². The Morgan fingerprint density at radius 3 is 3.00 bits per heavy atom. The van der Waals surface area contributed by atoms with E-state index in [1.54, 1.807) is 11.3 Å². The number of aromatic nitrogens is 1. The molecular formula is C10H7NO2S. The molecule has 4 heteroatoms. The van der Waals surface area contributed by atoms with Gasteiger partial charge in [-0.15, -0.1) is 11.3 Å². The molecule has 0 bridgehead atoms. The summed E-state index contributed by atoms with van der Waals surface area (Å²) in [5, 5.41) is 0. The van der Waals surface area contributed by atoms with Crippen LogP contribution in [0, 0.1) is 0 Å². The minimum atomic E-state index is 0.321. The minimum Gasteiger partial charge on any atom is -0.454 e. The molecule has 1 aliphatic rings. The number of thiazole rings is 1. The van der Waals surface area contributed by atoms with Crippen molar-refractivity contribution >= 4 is 11.3 Å². The van der Waals surface area contributed by atoms with E-state index in [9.17, 15) is 0 Å². The predicted molar refractivity (Wildman–Crippen MR) is 53.7 cm³/mol. The average molecular weight is 205 g/mol. The predicted octanol–water partition coefficient (Wildman–Crippen LogP) is 2.54. The third-order valence-corrected chi connectivity index (χ3v) is 2.91. The van der Waals surface area contributed by atoms with E-state index in [2.05, 4.69) is 4.98 Å². The lowest BCUT2D eigenvalue weighted by Gasteiger charge is -1.98. The van der Waals surface area contributed by atoms with Gasteiger partial charge in [-0.25, -0.2) is 0 Å². The van der Waals surface area contributed by atoms with Crippen molar-refractivity contribution in [2.75, 3.05) is 6.79 Å². The van der Waals surface area contributed by atoms with E-state index in [0.717, 1.165) is 21.9 Å². The van der Waals surface area contributed by atoms with E-state index in [-0.39, 0.29) is 0 Å². The topological polar surface area (TPSA) is 31.4 Å². The summed E-state index contributed by atoms with van der Waals surface area (Å²) < 4.78 is 10.5. The lowest BCUT2D eigenvalue weighted by Crippen LogP contribution is -1.92. The van der Waals surface area contributed by atoms with E-state index in [1.807, 2.05) is 29.9 Å². The smallest absolute Gasteiger partial charge is 0.231 e. The van der Waals surface area contributed by atoms with Gasteiger partial charge in [0.1, 0.15) is 0 Å². The largest absolute Gasteiger partial charge is 0.454 e. The summed E-state index contributed by atoms with van der Waals surface area (Å²) in [6.07, 6.45) is 1.85. The number of fused-ring (bicyclic) bond motifs is 1. The van der Waals surface area contributed by atoms with Crippen molar-refractivity contribution in [1.29, 1.82) is 0 Å². The van der Waals surface area contributed by atoms with Crippen molar-refractivity contribution in [1.82, 2.24) is 4.98 Å². The molecule has 1 aromatic heterocycles. The van der Waals surface area contributed by atoms with Crippen molar-refractivity contribution in [3.05, 3.63) is 29.9 Å². The Balaban J connectivity index is 2.09. The zero-order chi connectivity index (χ0) is 9.38. The van der Waals surface area contributed by atoms with Crippen molar-refractivity contribution in [3.63, 3.8) is 0 Å². The second-order valence-electron chi connectivity index (χ2n) is 2.93. The number of nitrogens with zero attached hydrogens (tertiary/aromatic N) is 1. The maximum absolute atomic E-state index is 5.30. The third kappa shape index (κ3) is 1.15. The van der Waals surface area contributed by atoms with E-state index < -0.39 is 0 Å². The van der Waals surface area contributed by atoms with Crippen LogP contribution < -0.4 is 9.47 Å². The van der Waals surface area contributed by atoms with Gasteiger partial charge < -0.3 is 9.47 Å². The quantitative estimate of drug-likeness (QED) is 0.717. The molecule has 0 saturated heterocycles. The van der Waals surface area contributed by atoms with Gasteiger partial charge >= 0.3 is 0 Å². The van der Waals surface area contributed by atoms with Crippen molar-refractivity contribution in [3.8, 4) is 21.9 Å². The van der Waals surface area contributed by atoms with E-state index in [4.69, 9.17) is 9.47 Å². The van der Waals surface area contributed by atoms with Crippen molar-refractivity contribution in [2.24, 2.45) is 0 Å². The first-order valence-electron chi connectivity index (χ1n) is 4.22. The summed E-state index contributed by atoms with van der Waals surface area (Å²) in [4.78, 5) is 5.18. The highest BCUT2D eigenvalue weighted by Crippen LogP contribution is 2.36. The van der Waals surface area contributed by atoms with Crippen LogP contribution in [0.25, 0.3) is 10.4 Å². The minimum absolute atomic E-state index is 0.321. The van der Waals surface area contributed by atoms with Crippen LogP contribution in [0.1, 0.15) is 0 Å². The van der Waals surface area contributed by atoms with Gasteiger partial charge in [0, 0.05) is 6.20 Å². The van der Waals surface area contributed by atoms with Gasteiger partial charge in [0.15, 0.2) is 11.5 Å². The highest BCUT2D eigenvalue weighted by Gasteiger charge is 2.13. The Hall–Kier alpha value is -1.55. The lowest BCUT2D eigenvalue weighted by atomic mass is 10.2. The van der Waals surface area contributed by atoms with Crippen LogP contribution in [0.3, 0.4) is 0 Å². The molecule has 0 spiro atoms. The number of rotatable bonds is 1. The second-order valence-corrected chi connectivity index (χ2v) is 3.82. The Morgan fingerprint density at radius 1 is 1.21 bits per heavy atom. The van der Waals surface area contributed by atoms with Gasteiger partial charge in [-0.3, -0.25) is 4.98 Å². The van der Waals surface area contributed by atoms with Crippen LogP contribution in [0.2, 0.25) is 0 Å². The monoisotopic (exact) mass is 205 g/mol. The molecule has 3 rings (SSSR count). The molecule has 3 nitrogen and oxygen atoms in total. The van der Waals surface area contributed by atoms with Crippen LogP contribution in [-0.2, 0) is 0 Å². The molecular weight excluding hydrogens is 198 g/mol. The average Bonchev–Trinajstić information content (AvgIpc) is 2.88. The molecule has 0 N–H and O–H groups in total. The van der Waals surface area contributed by atoms with Crippen LogP contribution in [0.4, 0.5) is 0 Å². The molecule has 0 radical (unpaired) electrons. The molecule has 14 heavy (non-hydrogen) atoms. The highest BCUT2D eigenvalue weighted by molar-refractivity contribution is 7.13. The van der Waals surface area contributed by atoms with Crippen molar-refractivity contribution in [2.45, 2.75) is 0 Å². The SMILES string of the molecule is c1ncc(-c2ccc3c(c2)OCO3)s1. The Kier molecular flexibility index (Phi) is 1.67. The molecule has 0 unspecified atom stereocenters. The molecule has 0 amide bonds. The Morgan fingerprint density at radius 2 is 2.14 bits per heavy atom. The molecule has 0 saturated carbocycles. The summed E-state index contributed by atoms with van der Waals surface area (Å²) in [5.74, 6) is 1.63. The van der Waals surface area contributed by atoms with Crippen LogP contribution in [0.5, 0.6) is 11.5 Å². The second kappa shape index (κ2) is 2.99. The number of benzene rings is 1. The summed E-state index contributed by atoms with van der Waals surface area (Å²) in [7, 11) is 0. The normalized spacial score (nSPS) is 13.1. The summed E-state index contributed by atoms with van der Waals surface area (Å²) in [6, 6.07) is 5.92. The maximum Gasteiger partial charge on any atom is 0.231 e. The fourth-order valence-electron chi connectivity index (χ4n) is 1.41. The fourth-order valence-corrected chi connectivity index (χ4v) is 2.03. The number of hydrogen-bond acceptors (Lipinski definition) is 4. The van der Waals surface area contributed by atoms with Gasteiger partial charge in [-0.2, -0.15) is 0 Å². The summed E-state index contributed by atoms with van der Waals surface area (Å²) >= 11 is 1.61. The molecule has 1 aromatic carbocycles. The first-order valence-corrected chi connectivity index (χ1v) is 5.10. The number of hydrogen-bond donors (Lipinski definition) is 0. The van der Waals surface area contributed by atoms with E-state index in [0.29, 0.717) is 6.79 Å². The molecule has 70 valence electrons. The molecule has 2 aromatic rings. The van der Waals surface area contributed by atoms with Crippen LogP contribution in [-0.4, -0.2) is 11.8 Å². The van der Waals surface area contributed by atoms with Gasteiger partial charge in [0.25, 0.3) is 0 Å². The summed E-state index contributed by atoms with van der Waals surface area (Å²) in [5.41, 5.74) is 2.94. The molecule has 2 heterocycles. The fraction of sp³-hybridized carbons (Fsp3) is 0.100. The van der Waals surface area contributed by atoms with E-state index >= 15 is 0 Å². The first kappa shape index (κ1) is 7.82. The van der Waals surface area contributed by atoms with Crippen LogP contribution in [0.15, 0.2) is 29.9 Å². The Bertz CT molecular complexity index is 453. The zero-order valence-corrected chi connectivity index (χ0v) is 8.08. The number of ether oxygens (including phenoxy) is 2. The lowest BCUT2D eigenvalue weighted by molar-refractivity contribution is 0.174. The summed E-state index contributed by atoms with van der Waals surface area (Å²) in [6.45, 7) is 0.321. The third-order valence-electron chi connectivity index (χ3n) is 2.09. The van der Waals surface area contributed by atoms with E-state index in [1.165, 1.54) is 0 Å². The highest BCUT2D eigenvalue weighted by atomic mass is 32.1. The zero-order valence-electron chi connectivity index (χ0n) is 7.27. The van der Waals surface area contributed by atoms with Crippen LogP contribution >= 0.6 is 11.3 Å². The molecule has 1 aliphatic heterocycles. The molecule has 0 atom stereocenters. The molecule has 0 fully saturated rings.